The Morgan fingerprint density at radius 1 is 1.08 bits per heavy atom. The molecule has 10 heteroatoms. The molecule has 0 saturated carbocycles. The maximum Gasteiger partial charge on any atom is 0.354 e. The highest BCUT2D eigenvalue weighted by atomic mass is 79.9. The van der Waals surface area contributed by atoms with Crippen LogP contribution in [0.25, 0.3) is 11.4 Å². The molecule has 0 radical (unpaired) electrons. The summed E-state index contributed by atoms with van der Waals surface area (Å²) in [4.78, 5) is 21.9. The van der Waals surface area contributed by atoms with E-state index in [9.17, 15) is 13.2 Å². The minimum atomic E-state index is -3.86. The fraction of sp³-hybridized carbons (Fsp3) is 0.192. The molecule has 2 aromatic heterocycles. The van der Waals surface area contributed by atoms with Crippen molar-refractivity contribution >= 4 is 37.9 Å². The Morgan fingerprint density at radius 2 is 1.86 bits per heavy atom. The largest absolute Gasteiger partial charge is 0.461 e. The number of halogens is 1. The highest BCUT2D eigenvalue weighted by Crippen LogP contribution is 2.36. The molecule has 8 nitrogen and oxygen atoms in total. The van der Waals surface area contributed by atoms with E-state index in [0.29, 0.717) is 30.8 Å². The van der Waals surface area contributed by atoms with Gasteiger partial charge in [0.05, 0.1) is 22.9 Å². The molecule has 0 spiro atoms. The van der Waals surface area contributed by atoms with E-state index < -0.39 is 16.0 Å². The maximum absolute atomic E-state index is 12.9. The lowest BCUT2D eigenvalue weighted by Crippen LogP contribution is -2.18. The molecule has 0 amide bonds. The van der Waals surface area contributed by atoms with Crippen LogP contribution in [0, 0.1) is 0 Å². The van der Waals surface area contributed by atoms with Crippen LogP contribution in [-0.4, -0.2) is 35.5 Å². The van der Waals surface area contributed by atoms with E-state index >= 15 is 0 Å². The number of carbonyl (C=O) groups excluding carboxylic acids is 1. The van der Waals surface area contributed by atoms with Crippen molar-refractivity contribution in [2.45, 2.75) is 31.2 Å². The monoisotopic (exact) mass is 566 g/mol. The molecule has 2 heterocycles. The molecular formula is C26H23BrN4O4S. The summed E-state index contributed by atoms with van der Waals surface area (Å²) in [6, 6.07) is 17.8. The second-order valence-electron chi connectivity index (χ2n) is 8.33. The van der Waals surface area contributed by atoms with E-state index in [1.54, 1.807) is 31.3 Å². The Kier molecular flexibility index (Phi) is 6.63. The summed E-state index contributed by atoms with van der Waals surface area (Å²) in [5.41, 5.74) is 4.62. The van der Waals surface area contributed by atoms with Gasteiger partial charge in [-0.05, 0) is 66.8 Å². The first-order valence-electron chi connectivity index (χ1n) is 11.4. The molecule has 184 valence electrons. The van der Waals surface area contributed by atoms with Gasteiger partial charge >= 0.3 is 5.97 Å². The third-order valence-corrected chi connectivity index (χ3v) is 7.76. The second-order valence-corrected chi connectivity index (χ2v) is 10.9. The van der Waals surface area contributed by atoms with Crippen molar-refractivity contribution in [3.05, 3.63) is 93.7 Å². The number of aromatic nitrogens is 3. The van der Waals surface area contributed by atoms with Gasteiger partial charge in [0.25, 0.3) is 10.0 Å². The zero-order valence-electron chi connectivity index (χ0n) is 19.4. The lowest BCUT2D eigenvalue weighted by atomic mass is 9.95. The minimum Gasteiger partial charge on any atom is -0.461 e. The predicted octanol–water partition coefficient (Wildman–Crippen LogP) is 4.83. The van der Waals surface area contributed by atoms with Gasteiger partial charge in [-0.1, -0.05) is 46.3 Å². The molecule has 5 rings (SSSR count). The number of fused-ring (bicyclic) bond motifs is 3. The van der Waals surface area contributed by atoms with Crippen molar-refractivity contribution in [2.24, 2.45) is 0 Å². The molecule has 0 unspecified atom stereocenters. The zero-order chi connectivity index (χ0) is 25.3. The number of nitrogens with zero attached hydrogens (tertiary/aromatic N) is 3. The molecule has 2 aromatic carbocycles. The van der Waals surface area contributed by atoms with Gasteiger partial charge in [0.2, 0.25) is 5.95 Å². The third-order valence-electron chi connectivity index (χ3n) is 5.92. The average Bonchev–Trinajstić information content (AvgIpc) is 3.23. The van der Waals surface area contributed by atoms with Crippen LogP contribution in [0.15, 0.2) is 76.2 Å². The molecule has 0 saturated heterocycles. The zero-order valence-corrected chi connectivity index (χ0v) is 21.8. The molecule has 0 aliphatic heterocycles. The first kappa shape index (κ1) is 24.2. The predicted molar refractivity (Wildman–Crippen MR) is 139 cm³/mol. The molecule has 0 atom stereocenters. The van der Waals surface area contributed by atoms with Crippen molar-refractivity contribution < 1.29 is 17.9 Å². The van der Waals surface area contributed by atoms with Crippen LogP contribution in [0.5, 0.6) is 0 Å². The van der Waals surface area contributed by atoms with E-state index in [4.69, 9.17) is 4.74 Å². The number of benzene rings is 2. The van der Waals surface area contributed by atoms with Crippen molar-refractivity contribution in [2.75, 3.05) is 11.3 Å². The van der Waals surface area contributed by atoms with Crippen LogP contribution in [0.1, 0.15) is 34.1 Å². The Hall–Kier alpha value is -3.50. The van der Waals surface area contributed by atoms with Crippen molar-refractivity contribution in [1.29, 1.82) is 0 Å². The molecule has 4 aromatic rings. The number of carbonyl (C=O) groups is 1. The molecule has 0 bridgehead atoms. The Labute approximate surface area is 217 Å². The molecule has 0 fully saturated rings. The van der Waals surface area contributed by atoms with E-state index in [-0.39, 0.29) is 17.5 Å². The van der Waals surface area contributed by atoms with Crippen molar-refractivity contribution in [1.82, 2.24) is 14.5 Å². The SMILES string of the molecule is CCOC(=O)c1cc2c(n1Cc1cccc(Br)c1)-c1nc(NS(=O)(=O)c3ccccc3)ncc1CC2. The van der Waals surface area contributed by atoms with E-state index in [1.807, 2.05) is 34.9 Å². The molecule has 1 aliphatic rings. The lowest BCUT2D eigenvalue weighted by molar-refractivity contribution is 0.0514. The molecular weight excluding hydrogens is 544 g/mol. The average molecular weight is 567 g/mol. The van der Waals surface area contributed by atoms with Gasteiger partial charge in [0, 0.05) is 17.2 Å². The van der Waals surface area contributed by atoms with Crippen molar-refractivity contribution in [3.63, 3.8) is 0 Å². The van der Waals surface area contributed by atoms with Gasteiger partial charge in [0.15, 0.2) is 0 Å². The van der Waals surface area contributed by atoms with E-state index in [0.717, 1.165) is 26.9 Å². The highest BCUT2D eigenvalue weighted by molar-refractivity contribution is 9.10. The Balaban J connectivity index is 1.60. The van der Waals surface area contributed by atoms with Crippen LogP contribution in [0.2, 0.25) is 0 Å². The summed E-state index contributed by atoms with van der Waals surface area (Å²) in [5.74, 6) is -0.444. The normalized spacial score (nSPS) is 12.5. The summed E-state index contributed by atoms with van der Waals surface area (Å²) in [6.45, 7) is 2.44. The van der Waals surface area contributed by atoms with Gasteiger partial charge < -0.3 is 9.30 Å². The van der Waals surface area contributed by atoms with E-state index in [1.165, 1.54) is 12.1 Å². The van der Waals surface area contributed by atoms with Gasteiger partial charge in [-0.2, -0.15) is 0 Å². The number of aryl methyl sites for hydroxylation is 2. The fourth-order valence-corrected chi connectivity index (χ4v) is 5.74. The van der Waals surface area contributed by atoms with Gasteiger partial charge in [-0.3, -0.25) is 0 Å². The molecule has 1 aliphatic carbocycles. The summed E-state index contributed by atoms with van der Waals surface area (Å²) in [7, 11) is -3.86. The number of rotatable bonds is 7. The number of hydrogen-bond acceptors (Lipinski definition) is 6. The van der Waals surface area contributed by atoms with Crippen LogP contribution < -0.4 is 4.72 Å². The summed E-state index contributed by atoms with van der Waals surface area (Å²) in [6.07, 6.45) is 3.03. The third kappa shape index (κ3) is 4.78. The highest BCUT2D eigenvalue weighted by Gasteiger charge is 2.28. The maximum atomic E-state index is 12.9. The minimum absolute atomic E-state index is 0.0293. The molecule has 1 N–H and O–H groups in total. The number of anilines is 1. The number of ether oxygens (including phenoxy) is 1. The number of nitrogens with one attached hydrogen (secondary N) is 1. The van der Waals surface area contributed by atoms with Gasteiger partial charge in [0.1, 0.15) is 5.69 Å². The van der Waals surface area contributed by atoms with Gasteiger partial charge in [-0.25, -0.2) is 27.9 Å². The van der Waals surface area contributed by atoms with E-state index in [2.05, 4.69) is 30.6 Å². The number of esters is 1. The lowest BCUT2D eigenvalue weighted by Gasteiger charge is -2.20. The first-order valence-corrected chi connectivity index (χ1v) is 13.7. The summed E-state index contributed by atoms with van der Waals surface area (Å²) in [5, 5.41) is 0. The van der Waals surface area contributed by atoms with Crippen LogP contribution in [0.3, 0.4) is 0 Å². The quantitative estimate of drug-likeness (QED) is 0.321. The Morgan fingerprint density at radius 3 is 2.61 bits per heavy atom. The first-order chi connectivity index (χ1) is 17.4. The Bertz CT molecular complexity index is 1550. The fourth-order valence-electron chi connectivity index (χ4n) is 4.32. The van der Waals surface area contributed by atoms with Crippen LogP contribution in [-0.2, 0) is 34.1 Å². The van der Waals surface area contributed by atoms with Gasteiger partial charge in [-0.15, -0.1) is 0 Å². The van der Waals surface area contributed by atoms with Crippen molar-refractivity contribution in [3.8, 4) is 11.4 Å². The number of hydrogen-bond donors (Lipinski definition) is 1. The topological polar surface area (TPSA) is 103 Å². The van der Waals surface area contributed by atoms with Crippen LogP contribution >= 0.6 is 15.9 Å². The summed E-state index contributed by atoms with van der Waals surface area (Å²) >= 11 is 3.51. The summed E-state index contributed by atoms with van der Waals surface area (Å²) < 4.78 is 36.4. The molecule has 36 heavy (non-hydrogen) atoms. The standard InChI is InChI=1S/C26H23BrN4O4S/c1-2-35-25(32)22-14-18-11-12-19-15-28-26(30-36(33,34)21-9-4-3-5-10-21)29-23(19)24(18)31(22)16-17-7-6-8-20(27)13-17/h3-10,13-15H,2,11-12,16H2,1H3,(H,28,29,30). The smallest absolute Gasteiger partial charge is 0.354 e. The van der Waals surface area contributed by atoms with Crippen LogP contribution in [0.4, 0.5) is 5.95 Å². The number of sulfonamides is 1. The second kappa shape index (κ2) is 9.87.